The number of nitrogens with two attached hydrogens (primary N) is 1. The topological polar surface area (TPSA) is 35.2 Å². The van der Waals surface area contributed by atoms with Crippen LogP contribution < -0.4 is 10.5 Å². The van der Waals surface area contributed by atoms with Gasteiger partial charge in [0.05, 0.1) is 13.2 Å². The molecular weight excluding hydrogens is 176 g/mol. The van der Waals surface area contributed by atoms with Gasteiger partial charge in [-0.2, -0.15) is 0 Å². The van der Waals surface area contributed by atoms with E-state index in [-0.39, 0.29) is 5.75 Å². The molecule has 4 heteroatoms. The molecule has 0 bridgehead atoms. The van der Waals surface area contributed by atoms with Crippen LogP contribution in [0.2, 0.25) is 0 Å². The number of hydrogen-bond donors (Lipinski definition) is 1. The van der Waals surface area contributed by atoms with Crippen LogP contribution in [-0.2, 0) is 0 Å². The second-order valence-corrected chi connectivity index (χ2v) is 2.65. The largest absolute Gasteiger partial charge is 0.494 e. The number of alkyl halides is 1. The van der Waals surface area contributed by atoms with Gasteiger partial charge in [-0.25, -0.2) is 8.78 Å². The van der Waals surface area contributed by atoms with Gasteiger partial charge in [-0.3, -0.25) is 0 Å². The Morgan fingerprint density at radius 1 is 1.54 bits per heavy atom. The molecule has 0 saturated heterocycles. The van der Waals surface area contributed by atoms with Crippen molar-refractivity contribution in [3.05, 3.63) is 29.6 Å². The molecule has 0 spiro atoms. The Morgan fingerprint density at radius 3 is 2.69 bits per heavy atom. The molecule has 1 rings (SSSR count). The van der Waals surface area contributed by atoms with E-state index in [4.69, 9.17) is 10.5 Å². The summed E-state index contributed by atoms with van der Waals surface area (Å²) in [6.45, 7) is -0.703. The molecule has 72 valence electrons. The molecule has 0 heterocycles. The van der Waals surface area contributed by atoms with Crippen LogP contribution in [0.25, 0.3) is 0 Å². The second kappa shape index (κ2) is 4.18. The van der Waals surface area contributed by atoms with Gasteiger partial charge in [0.2, 0.25) is 0 Å². The van der Waals surface area contributed by atoms with Crippen LogP contribution >= 0.6 is 0 Å². The van der Waals surface area contributed by atoms with E-state index in [0.29, 0.717) is 5.56 Å². The van der Waals surface area contributed by atoms with Crippen molar-refractivity contribution in [1.82, 2.24) is 0 Å². The molecule has 0 saturated carbocycles. The molecule has 0 fully saturated rings. The first-order valence-electron chi connectivity index (χ1n) is 3.84. The van der Waals surface area contributed by atoms with Gasteiger partial charge in [0.15, 0.2) is 11.6 Å². The molecule has 0 radical (unpaired) electrons. The van der Waals surface area contributed by atoms with E-state index in [1.807, 2.05) is 0 Å². The average Bonchev–Trinajstić information content (AvgIpc) is 2.16. The summed E-state index contributed by atoms with van der Waals surface area (Å²) < 4.78 is 29.9. The van der Waals surface area contributed by atoms with E-state index in [1.54, 1.807) is 6.07 Å². The Hall–Kier alpha value is -1.16. The average molecular weight is 187 g/mol. The fourth-order valence-electron chi connectivity index (χ4n) is 1.00. The predicted molar refractivity (Wildman–Crippen MR) is 45.9 cm³/mol. The Bertz CT molecular complexity index is 291. The van der Waals surface area contributed by atoms with Crippen LogP contribution in [0.5, 0.6) is 5.75 Å². The lowest BCUT2D eigenvalue weighted by molar-refractivity contribution is 0.384. The molecule has 2 nitrogen and oxygen atoms in total. The van der Waals surface area contributed by atoms with Crippen LogP contribution in [0.3, 0.4) is 0 Å². The van der Waals surface area contributed by atoms with E-state index in [1.165, 1.54) is 19.2 Å². The highest BCUT2D eigenvalue weighted by atomic mass is 19.1. The number of hydrogen-bond acceptors (Lipinski definition) is 2. The predicted octanol–water partition coefficient (Wildman–Crippen LogP) is 1.80. The number of methoxy groups -OCH3 is 1. The third-order valence-corrected chi connectivity index (χ3v) is 1.77. The van der Waals surface area contributed by atoms with Crippen molar-refractivity contribution in [2.75, 3.05) is 13.8 Å². The summed E-state index contributed by atoms with van der Waals surface area (Å²) >= 11 is 0. The molecular formula is C9H11F2NO. The summed E-state index contributed by atoms with van der Waals surface area (Å²) in [5.41, 5.74) is 5.80. The van der Waals surface area contributed by atoms with Gasteiger partial charge in [-0.1, -0.05) is 6.07 Å². The zero-order valence-corrected chi connectivity index (χ0v) is 7.26. The first kappa shape index (κ1) is 9.92. The summed E-state index contributed by atoms with van der Waals surface area (Å²) in [7, 11) is 1.37. The molecule has 1 aromatic carbocycles. The molecule has 0 aliphatic carbocycles. The Balaban J connectivity index is 2.95. The van der Waals surface area contributed by atoms with Crippen molar-refractivity contribution in [3.8, 4) is 5.75 Å². The Morgan fingerprint density at radius 2 is 2.23 bits per heavy atom. The van der Waals surface area contributed by atoms with E-state index in [9.17, 15) is 8.78 Å². The molecule has 1 atom stereocenters. The minimum absolute atomic E-state index is 0.134. The maximum atomic E-state index is 13.0. The third-order valence-electron chi connectivity index (χ3n) is 1.77. The van der Waals surface area contributed by atoms with E-state index in [0.717, 1.165) is 0 Å². The minimum atomic E-state index is -0.764. The molecule has 2 N–H and O–H groups in total. The van der Waals surface area contributed by atoms with E-state index >= 15 is 0 Å². The molecule has 0 amide bonds. The van der Waals surface area contributed by atoms with Crippen molar-refractivity contribution in [2.24, 2.45) is 5.73 Å². The summed E-state index contributed by atoms with van der Waals surface area (Å²) in [5, 5.41) is 0. The van der Waals surface area contributed by atoms with Crippen molar-refractivity contribution < 1.29 is 13.5 Å². The van der Waals surface area contributed by atoms with E-state index < -0.39 is 18.5 Å². The van der Waals surface area contributed by atoms with Crippen LogP contribution in [0.15, 0.2) is 18.2 Å². The lowest BCUT2D eigenvalue weighted by Gasteiger charge is -2.08. The quantitative estimate of drug-likeness (QED) is 0.783. The molecule has 0 aromatic heterocycles. The smallest absolute Gasteiger partial charge is 0.165 e. The monoisotopic (exact) mass is 187 g/mol. The van der Waals surface area contributed by atoms with Crippen molar-refractivity contribution in [2.45, 2.75) is 6.04 Å². The molecule has 0 aliphatic heterocycles. The zero-order chi connectivity index (χ0) is 9.84. The maximum Gasteiger partial charge on any atom is 0.165 e. The molecule has 1 aromatic rings. The fraction of sp³-hybridized carbons (Fsp3) is 0.333. The van der Waals surface area contributed by atoms with Gasteiger partial charge in [0, 0.05) is 0 Å². The fourth-order valence-corrected chi connectivity index (χ4v) is 1.00. The Labute approximate surface area is 75.3 Å². The first-order valence-corrected chi connectivity index (χ1v) is 3.84. The molecule has 13 heavy (non-hydrogen) atoms. The first-order chi connectivity index (χ1) is 6.19. The Kier molecular flexibility index (Phi) is 3.19. The third kappa shape index (κ3) is 2.15. The van der Waals surface area contributed by atoms with Gasteiger partial charge in [0.1, 0.15) is 6.67 Å². The molecule has 0 aliphatic rings. The zero-order valence-electron chi connectivity index (χ0n) is 7.26. The highest BCUT2D eigenvalue weighted by molar-refractivity contribution is 5.30. The standard InChI is InChI=1S/C9H11F2NO/c1-13-9-3-2-6(4-7(9)11)8(12)5-10/h2-4,8H,5,12H2,1H3/t8-/m1/s1. The number of halogens is 2. The number of ether oxygens (including phenoxy) is 1. The summed E-state index contributed by atoms with van der Waals surface area (Å²) in [4.78, 5) is 0. The van der Waals surface area contributed by atoms with Crippen molar-refractivity contribution >= 4 is 0 Å². The van der Waals surface area contributed by atoms with Crippen LogP contribution in [0, 0.1) is 5.82 Å². The maximum absolute atomic E-state index is 13.0. The van der Waals surface area contributed by atoms with Crippen LogP contribution in [0.4, 0.5) is 8.78 Å². The van der Waals surface area contributed by atoms with Gasteiger partial charge in [-0.15, -0.1) is 0 Å². The van der Waals surface area contributed by atoms with Crippen LogP contribution in [-0.4, -0.2) is 13.8 Å². The van der Waals surface area contributed by atoms with Gasteiger partial charge < -0.3 is 10.5 Å². The molecule has 0 unspecified atom stereocenters. The van der Waals surface area contributed by atoms with Crippen molar-refractivity contribution in [1.29, 1.82) is 0 Å². The summed E-state index contributed by atoms with van der Waals surface area (Å²) in [6, 6.07) is 3.40. The summed E-state index contributed by atoms with van der Waals surface area (Å²) in [6.07, 6.45) is 0. The SMILES string of the molecule is COc1ccc([C@H](N)CF)cc1F. The van der Waals surface area contributed by atoms with Crippen LogP contribution in [0.1, 0.15) is 11.6 Å². The van der Waals surface area contributed by atoms with E-state index in [2.05, 4.69) is 0 Å². The van der Waals surface area contributed by atoms with Gasteiger partial charge >= 0.3 is 0 Å². The van der Waals surface area contributed by atoms with Crippen molar-refractivity contribution in [3.63, 3.8) is 0 Å². The lowest BCUT2D eigenvalue weighted by atomic mass is 10.1. The normalized spacial score (nSPS) is 12.6. The van der Waals surface area contributed by atoms with Gasteiger partial charge in [0.25, 0.3) is 0 Å². The highest BCUT2D eigenvalue weighted by Crippen LogP contribution is 2.20. The summed E-state index contributed by atoms with van der Waals surface area (Å²) in [5.74, 6) is -0.390. The number of rotatable bonds is 3. The number of benzene rings is 1. The second-order valence-electron chi connectivity index (χ2n) is 2.65. The van der Waals surface area contributed by atoms with Gasteiger partial charge in [-0.05, 0) is 17.7 Å². The minimum Gasteiger partial charge on any atom is -0.494 e. The highest BCUT2D eigenvalue weighted by Gasteiger charge is 2.08. The lowest BCUT2D eigenvalue weighted by Crippen LogP contribution is -2.12.